The number of fused-ring (bicyclic) bond motifs is 1. The fraction of sp³-hybridized carbons (Fsp3) is 0.111. The van der Waals surface area contributed by atoms with Gasteiger partial charge in [0, 0.05) is 24.6 Å². The number of nitrogens with zero attached hydrogens (tertiary/aromatic N) is 3. The predicted octanol–water partition coefficient (Wildman–Crippen LogP) is 1.16. The zero-order valence-corrected chi connectivity index (χ0v) is 8.47. The number of hydrogen-bond acceptors (Lipinski definition) is 6. The Hall–Kier alpha value is -2.44. The van der Waals surface area contributed by atoms with Crippen LogP contribution in [0.15, 0.2) is 18.2 Å². The summed E-state index contributed by atoms with van der Waals surface area (Å²) >= 11 is 0. The van der Waals surface area contributed by atoms with Crippen molar-refractivity contribution in [2.24, 2.45) is 0 Å². The van der Waals surface area contributed by atoms with Crippen LogP contribution in [0, 0.1) is 10.1 Å². The van der Waals surface area contributed by atoms with Crippen molar-refractivity contribution < 1.29 is 4.92 Å². The van der Waals surface area contributed by atoms with Crippen LogP contribution in [-0.2, 0) is 0 Å². The Bertz CT molecular complexity index is 569. The number of rotatable bonds is 2. The first kappa shape index (κ1) is 10.1. The normalized spacial score (nSPS) is 10.3. The van der Waals surface area contributed by atoms with Crippen LogP contribution in [0.5, 0.6) is 0 Å². The van der Waals surface area contributed by atoms with Crippen molar-refractivity contribution in [1.29, 1.82) is 0 Å². The van der Waals surface area contributed by atoms with Gasteiger partial charge < -0.3 is 11.1 Å². The smallest absolute Gasteiger partial charge is 0.270 e. The molecule has 0 aliphatic carbocycles. The molecule has 0 spiro atoms. The van der Waals surface area contributed by atoms with Crippen LogP contribution >= 0.6 is 0 Å². The number of non-ortho nitro benzene ring substituents is 1. The average molecular weight is 219 g/mol. The number of nitro benzene ring substituents is 1. The molecule has 1 heterocycles. The van der Waals surface area contributed by atoms with Gasteiger partial charge in [0.25, 0.3) is 5.69 Å². The molecule has 0 saturated carbocycles. The average Bonchev–Trinajstić information content (AvgIpc) is 2.28. The maximum absolute atomic E-state index is 10.6. The number of benzene rings is 1. The number of nitrogen functional groups attached to an aromatic ring is 1. The van der Waals surface area contributed by atoms with Gasteiger partial charge in [0.15, 0.2) is 0 Å². The summed E-state index contributed by atoms with van der Waals surface area (Å²) in [5.41, 5.74) is 6.23. The third-order valence-corrected chi connectivity index (χ3v) is 2.14. The lowest BCUT2D eigenvalue weighted by Gasteiger charge is -2.03. The highest BCUT2D eigenvalue weighted by Crippen LogP contribution is 2.24. The van der Waals surface area contributed by atoms with Crippen molar-refractivity contribution in [1.82, 2.24) is 9.97 Å². The fourth-order valence-electron chi connectivity index (χ4n) is 1.37. The molecule has 1 aromatic heterocycles. The standard InChI is InChI=1S/C9H9N5O2/c1-11-9-12-7-3-2-5(14(15)16)4-6(7)8(10)13-9/h2-4H,1H3,(H3,10,11,12,13). The largest absolute Gasteiger partial charge is 0.383 e. The second kappa shape index (κ2) is 3.61. The van der Waals surface area contributed by atoms with Gasteiger partial charge >= 0.3 is 0 Å². The first-order valence-electron chi connectivity index (χ1n) is 4.51. The Balaban J connectivity index is 2.70. The molecule has 0 amide bonds. The minimum absolute atomic E-state index is 0.0278. The summed E-state index contributed by atoms with van der Waals surface area (Å²) < 4.78 is 0. The Morgan fingerprint density at radius 3 is 2.81 bits per heavy atom. The Labute approximate surface area is 90.5 Å². The zero-order chi connectivity index (χ0) is 11.7. The molecule has 0 atom stereocenters. The monoisotopic (exact) mass is 219 g/mol. The second-order valence-corrected chi connectivity index (χ2v) is 3.14. The van der Waals surface area contributed by atoms with Crippen molar-refractivity contribution in [3.8, 4) is 0 Å². The van der Waals surface area contributed by atoms with Crippen molar-refractivity contribution in [2.75, 3.05) is 18.1 Å². The van der Waals surface area contributed by atoms with E-state index < -0.39 is 4.92 Å². The van der Waals surface area contributed by atoms with Gasteiger partial charge in [-0.05, 0) is 6.07 Å². The molecule has 0 aliphatic rings. The Morgan fingerprint density at radius 2 is 2.19 bits per heavy atom. The number of aromatic nitrogens is 2. The summed E-state index contributed by atoms with van der Waals surface area (Å²) in [6, 6.07) is 4.30. The lowest BCUT2D eigenvalue weighted by molar-refractivity contribution is -0.384. The number of nitro groups is 1. The van der Waals surface area contributed by atoms with Gasteiger partial charge in [-0.3, -0.25) is 10.1 Å². The van der Waals surface area contributed by atoms with E-state index in [1.54, 1.807) is 13.1 Å². The van der Waals surface area contributed by atoms with E-state index in [9.17, 15) is 10.1 Å². The quantitative estimate of drug-likeness (QED) is 0.579. The van der Waals surface area contributed by atoms with E-state index in [2.05, 4.69) is 15.3 Å². The first-order chi connectivity index (χ1) is 7.61. The zero-order valence-electron chi connectivity index (χ0n) is 8.47. The van der Waals surface area contributed by atoms with E-state index in [-0.39, 0.29) is 11.5 Å². The van der Waals surface area contributed by atoms with Crippen molar-refractivity contribution in [2.45, 2.75) is 0 Å². The van der Waals surface area contributed by atoms with Crippen molar-refractivity contribution >= 4 is 28.4 Å². The van der Waals surface area contributed by atoms with E-state index in [0.717, 1.165) is 0 Å². The molecule has 0 bridgehead atoms. The van der Waals surface area contributed by atoms with E-state index in [4.69, 9.17) is 5.73 Å². The summed E-state index contributed by atoms with van der Waals surface area (Å²) in [7, 11) is 1.67. The molecule has 0 saturated heterocycles. The molecular formula is C9H9N5O2. The third-order valence-electron chi connectivity index (χ3n) is 2.14. The lowest BCUT2D eigenvalue weighted by Crippen LogP contribution is -2.01. The highest BCUT2D eigenvalue weighted by atomic mass is 16.6. The number of nitrogens with two attached hydrogens (primary N) is 1. The van der Waals surface area contributed by atoms with Crippen LogP contribution in [0.3, 0.4) is 0 Å². The van der Waals surface area contributed by atoms with Crippen LogP contribution in [0.25, 0.3) is 10.9 Å². The fourth-order valence-corrected chi connectivity index (χ4v) is 1.37. The lowest BCUT2D eigenvalue weighted by atomic mass is 10.2. The van der Waals surface area contributed by atoms with Crippen LogP contribution in [-0.4, -0.2) is 21.9 Å². The summed E-state index contributed by atoms with van der Waals surface area (Å²) in [6.07, 6.45) is 0. The van der Waals surface area contributed by atoms with Crippen LogP contribution in [0.2, 0.25) is 0 Å². The van der Waals surface area contributed by atoms with Crippen LogP contribution < -0.4 is 11.1 Å². The molecule has 0 aliphatic heterocycles. The van der Waals surface area contributed by atoms with E-state index in [1.807, 2.05) is 0 Å². The molecule has 7 heteroatoms. The SMILES string of the molecule is CNc1nc(N)c2cc([N+](=O)[O-])ccc2n1. The minimum Gasteiger partial charge on any atom is -0.383 e. The van der Waals surface area contributed by atoms with Crippen molar-refractivity contribution in [3.05, 3.63) is 28.3 Å². The molecule has 2 rings (SSSR count). The van der Waals surface area contributed by atoms with Gasteiger partial charge in [0.1, 0.15) is 5.82 Å². The van der Waals surface area contributed by atoms with Gasteiger partial charge in [0.2, 0.25) is 5.95 Å². The van der Waals surface area contributed by atoms with Gasteiger partial charge in [-0.25, -0.2) is 4.98 Å². The van der Waals surface area contributed by atoms with Crippen molar-refractivity contribution in [3.63, 3.8) is 0 Å². The number of nitrogens with one attached hydrogen (secondary N) is 1. The summed E-state index contributed by atoms with van der Waals surface area (Å²) in [4.78, 5) is 18.2. The maximum atomic E-state index is 10.6. The van der Waals surface area contributed by atoms with Gasteiger partial charge in [-0.2, -0.15) is 4.98 Å². The van der Waals surface area contributed by atoms with Gasteiger partial charge in [-0.15, -0.1) is 0 Å². The molecule has 3 N–H and O–H groups in total. The summed E-state index contributed by atoms with van der Waals surface area (Å²) in [6.45, 7) is 0. The first-order valence-corrected chi connectivity index (χ1v) is 4.51. The molecular weight excluding hydrogens is 210 g/mol. The van der Waals surface area contributed by atoms with E-state index >= 15 is 0 Å². The molecule has 0 radical (unpaired) electrons. The van der Waals surface area contributed by atoms with Crippen LogP contribution in [0.4, 0.5) is 17.5 Å². The Kier molecular flexibility index (Phi) is 2.28. The molecule has 1 aromatic carbocycles. The highest BCUT2D eigenvalue weighted by molar-refractivity contribution is 5.90. The topological polar surface area (TPSA) is 107 Å². The summed E-state index contributed by atoms with van der Waals surface area (Å²) in [5, 5.41) is 13.8. The number of hydrogen-bond donors (Lipinski definition) is 2. The number of anilines is 2. The van der Waals surface area contributed by atoms with E-state index in [0.29, 0.717) is 16.9 Å². The van der Waals surface area contributed by atoms with Gasteiger partial charge in [0.05, 0.1) is 10.4 Å². The molecule has 16 heavy (non-hydrogen) atoms. The highest BCUT2D eigenvalue weighted by Gasteiger charge is 2.10. The van der Waals surface area contributed by atoms with Gasteiger partial charge in [-0.1, -0.05) is 0 Å². The maximum Gasteiger partial charge on any atom is 0.270 e. The second-order valence-electron chi connectivity index (χ2n) is 3.14. The minimum atomic E-state index is -0.481. The van der Waals surface area contributed by atoms with Crippen LogP contribution in [0.1, 0.15) is 0 Å². The molecule has 0 fully saturated rings. The Morgan fingerprint density at radius 1 is 1.44 bits per heavy atom. The summed E-state index contributed by atoms with van der Waals surface area (Å²) in [5.74, 6) is 0.608. The third kappa shape index (κ3) is 1.58. The van der Waals surface area contributed by atoms with E-state index in [1.165, 1.54) is 12.1 Å². The molecule has 2 aromatic rings. The molecule has 0 unspecified atom stereocenters. The predicted molar refractivity (Wildman–Crippen MR) is 60.2 cm³/mol. The molecule has 82 valence electrons. The molecule has 7 nitrogen and oxygen atoms in total.